The number of benzene rings is 2. The molecule has 0 saturated carbocycles. The SMILES string of the molecule is Cc1cccc(S(=O)(=O)Nc2ccc(-c3cc(C(C)(C)C)nc4c3cnn4C)cc2)c1Cl. The standard InChI is InChI=1S/C24H25ClN4O2S/c1-15-7-6-8-20(22(15)25)32(30,31)28-17-11-9-16(10-12-17)18-13-21(24(2,3)4)27-23-19(18)14-26-29(23)5/h6-14,28H,1-5H3. The monoisotopic (exact) mass is 468 g/mol. The van der Waals surface area contributed by atoms with E-state index in [-0.39, 0.29) is 15.3 Å². The van der Waals surface area contributed by atoms with Crippen LogP contribution in [0, 0.1) is 6.92 Å². The molecule has 0 amide bonds. The topological polar surface area (TPSA) is 76.9 Å². The van der Waals surface area contributed by atoms with Crippen molar-refractivity contribution in [1.82, 2.24) is 14.8 Å². The van der Waals surface area contributed by atoms with E-state index < -0.39 is 10.0 Å². The summed E-state index contributed by atoms with van der Waals surface area (Å²) in [5.41, 5.74) is 4.76. The number of rotatable bonds is 4. The van der Waals surface area contributed by atoms with Crippen LogP contribution in [0.4, 0.5) is 5.69 Å². The van der Waals surface area contributed by atoms with Crippen LogP contribution < -0.4 is 4.72 Å². The van der Waals surface area contributed by atoms with Gasteiger partial charge >= 0.3 is 0 Å². The Bertz CT molecular complexity index is 1420. The average molecular weight is 469 g/mol. The zero-order valence-electron chi connectivity index (χ0n) is 18.6. The van der Waals surface area contributed by atoms with Gasteiger partial charge in [0.2, 0.25) is 0 Å². The molecule has 0 fully saturated rings. The largest absolute Gasteiger partial charge is 0.280 e. The Labute approximate surface area is 193 Å². The Morgan fingerprint density at radius 1 is 1.06 bits per heavy atom. The molecule has 6 nitrogen and oxygen atoms in total. The van der Waals surface area contributed by atoms with Gasteiger partial charge in [-0.1, -0.05) is 56.6 Å². The Morgan fingerprint density at radius 3 is 2.41 bits per heavy atom. The quantitative estimate of drug-likeness (QED) is 0.417. The molecule has 2 aromatic carbocycles. The van der Waals surface area contributed by atoms with E-state index in [4.69, 9.17) is 16.6 Å². The zero-order chi connectivity index (χ0) is 23.3. The summed E-state index contributed by atoms with van der Waals surface area (Å²) in [5, 5.41) is 5.54. The van der Waals surface area contributed by atoms with Crippen LogP contribution >= 0.6 is 11.6 Å². The summed E-state index contributed by atoms with van der Waals surface area (Å²) in [5.74, 6) is 0. The second-order valence-corrected chi connectivity index (χ2v) is 10.9. The van der Waals surface area contributed by atoms with Gasteiger partial charge in [0.1, 0.15) is 4.90 Å². The van der Waals surface area contributed by atoms with E-state index in [0.717, 1.165) is 27.9 Å². The minimum Gasteiger partial charge on any atom is -0.280 e. The molecule has 0 aliphatic rings. The molecule has 32 heavy (non-hydrogen) atoms. The third-order valence-corrected chi connectivity index (χ3v) is 7.40. The summed E-state index contributed by atoms with van der Waals surface area (Å²) in [6.45, 7) is 8.14. The van der Waals surface area contributed by atoms with Crippen molar-refractivity contribution in [3.05, 3.63) is 71.0 Å². The van der Waals surface area contributed by atoms with E-state index in [1.807, 2.05) is 19.2 Å². The number of fused-ring (bicyclic) bond motifs is 1. The first kappa shape index (κ1) is 22.3. The minimum absolute atomic E-state index is 0.0595. The maximum atomic E-state index is 12.8. The molecule has 2 aromatic heterocycles. The van der Waals surface area contributed by atoms with Gasteiger partial charge in [-0.2, -0.15) is 5.10 Å². The summed E-state index contributed by atoms with van der Waals surface area (Å²) in [6.07, 6.45) is 1.81. The van der Waals surface area contributed by atoms with Crippen LogP contribution in [0.2, 0.25) is 5.02 Å². The van der Waals surface area contributed by atoms with Gasteiger partial charge in [0.05, 0.1) is 11.2 Å². The molecule has 4 aromatic rings. The van der Waals surface area contributed by atoms with Gasteiger partial charge in [-0.05, 0) is 47.9 Å². The number of halogens is 1. The predicted octanol–water partition coefficient (Wildman–Crippen LogP) is 5.70. The second kappa shape index (κ2) is 7.90. The van der Waals surface area contributed by atoms with E-state index in [2.05, 4.69) is 36.7 Å². The Hall–Kier alpha value is -2.90. The van der Waals surface area contributed by atoms with Gasteiger partial charge in [-0.25, -0.2) is 13.4 Å². The maximum Gasteiger partial charge on any atom is 0.263 e. The van der Waals surface area contributed by atoms with E-state index in [9.17, 15) is 8.42 Å². The molecule has 0 spiro atoms. The first-order valence-corrected chi connectivity index (χ1v) is 12.0. The van der Waals surface area contributed by atoms with Crippen molar-refractivity contribution >= 4 is 38.3 Å². The molecular formula is C24H25ClN4O2S. The normalized spacial score (nSPS) is 12.3. The molecule has 0 bridgehead atoms. The lowest BCUT2D eigenvalue weighted by molar-refractivity contribution is 0.570. The molecule has 0 atom stereocenters. The average Bonchev–Trinajstić information content (AvgIpc) is 3.10. The van der Waals surface area contributed by atoms with Crippen molar-refractivity contribution in [2.45, 2.75) is 38.0 Å². The summed E-state index contributed by atoms with van der Waals surface area (Å²) in [4.78, 5) is 4.86. The Kier molecular flexibility index (Phi) is 5.51. The predicted molar refractivity (Wildman–Crippen MR) is 130 cm³/mol. The van der Waals surface area contributed by atoms with Crippen LogP contribution in [0.3, 0.4) is 0 Å². The van der Waals surface area contributed by atoms with Crippen molar-refractivity contribution < 1.29 is 8.42 Å². The number of sulfonamides is 1. The number of nitrogens with zero attached hydrogens (tertiary/aromatic N) is 3. The van der Waals surface area contributed by atoms with Gasteiger partial charge in [0.25, 0.3) is 10.0 Å². The highest BCUT2D eigenvalue weighted by molar-refractivity contribution is 7.92. The third-order valence-electron chi connectivity index (χ3n) is 5.37. The highest BCUT2D eigenvalue weighted by atomic mass is 35.5. The fourth-order valence-corrected chi connectivity index (χ4v) is 5.14. The maximum absolute atomic E-state index is 12.8. The molecule has 8 heteroatoms. The number of aromatic nitrogens is 3. The smallest absolute Gasteiger partial charge is 0.263 e. The number of hydrogen-bond donors (Lipinski definition) is 1. The van der Waals surface area contributed by atoms with Gasteiger partial charge in [0.15, 0.2) is 5.65 Å². The van der Waals surface area contributed by atoms with Crippen molar-refractivity contribution in [3.63, 3.8) is 0 Å². The number of hydrogen-bond acceptors (Lipinski definition) is 4. The summed E-state index contributed by atoms with van der Waals surface area (Å²) in [6, 6.07) is 14.3. The van der Waals surface area contributed by atoms with Crippen LogP contribution in [0.5, 0.6) is 0 Å². The number of nitrogens with one attached hydrogen (secondary N) is 1. The van der Waals surface area contributed by atoms with Gasteiger partial charge in [0, 0.05) is 29.2 Å². The third kappa shape index (κ3) is 4.10. The number of pyridine rings is 1. The first-order chi connectivity index (χ1) is 15.0. The molecule has 0 saturated heterocycles. The van der Waals surface area contributed by atoms with Gasteiger partial charge < -0.3 is 0 Å². The van der Waals surface area contributed by atoms with E-state index in [0.29, 0.717) is 11.3 Å². The van der Waals surface area contributed by atoms with Crippen molar-refractivity contribution in [1.29, 1.82) is 0 Å². The fraction of sp³-hybridized carbons (Fsp3) is 0.250. The lowest BCUT2D eigenvalue weighted by atomic mass is 9.89. The summed E-state index contributed by atoms with van der Waals surface area (Å²) >= 11 is 6.23. The van der Waals surface area contributed by atoms with Gasteiger partial charge in [-0.15, -0.1) is 0 Å². The molecule has 1 N–H and O–H groups in total. The molecule has 166 valence electrons. The van der Waals surface area contributed by atoms with Gasteiger partial charge in [-0.3, -0.25) is 9.40 Å². The Balaban J connectivity index is 1.72. The summed E-state index contributed by atoms with van der Waals surface area (Å²) < 4.78 is 30.1. The molecule has 4 rings (SSSR count). The first-order valence-electron chi connectivity index (χ1n) is 10.2. The fourth-order valence-electron chi connectivity index (χ4n) is 3.49. The molecule has 0 radical (unpaired) electrons. The lowest BCUT2D eigenvalue weighted by Crippen LogP contribution is -2.14. The molecule has 0 unspecified atom stereocenters. The molecule has 2 heterocycles. The Morgan fingerprint density at radius 2 is 1.75 bits per heavy atom. The number of anilines is 1. The molecule has 0 aliphatic carbocycles. The van der Waals surface area contributed by atoms with Crippen LogP contribution in [0.1, 0.15) is 32.0 Å². The van der Waals surface area contributed by atoms with Crippen LogP contribution in [0.25, 0.3) is 22.2 Å². The summed E-state index contributed by atoms with van der Waals surface area (Å²) in [7, 11) is -1.93. The number of aryl methyl sites for hydroxylation is 2. The van der Waals surface area contributed by atoms with Crippen LogP contribution in [0.15, 0.2) is 59.6 Å². The van der Waals surface area contributed by atoms with E-state index >= 15 is 0 Å². The van der Waals surface area contributed by atoms with Crippen molar-refractivity contribution in [2.24, 2.45) is 7.05 Å². The van der Waals surface area contributed by atoms with Crippen LogP contribution in [-0.4, -0.2) is 23.2 Å². The lowest BCUT2D eigenvalue weighted by Gasteiger charge is -2.19. The second-order valence-electron chi connectivity index (χ2n) is 8.88. The van der Waals surface area contributed by atoms with Crippen LogP contribution in [-0.2, 0) is 22.5 Å². The highest BCUT2D eigenvalue weighted by Crippen LogP contribution is 2.33. The zero-order valence-corrected chi connectivity index (χ0v) is 20.2. The molecular weight excluding hydrogens is 444 g/mol. The highest BCUT2D eigenvalue weighted by Gasteiger charge is 2.21. The van der Waals surface area contributed by atoms with Crippen molar-refractivity contribution in [3.8, 4) is 11.1 Å². The minimum atomic E-state index is -3.81. The van der Waals surface area contributed by atoms with E-state index in [1.165, 1.54) is 6.07 Å². The van der Waals surface area contributed by atoms with Crippen molar-refractivity contribution in [2.75, 3.05) is 4.72 Å². The molecule has 0 aliphatic heterocycles. The van der Waals surface area contributed by atoms with E-state index in [1.54, 1.807) is 42.1 Å².